The number of hydrogen-bond acceptors (Lipinski definition) is 4. The molecule has 0 heterocycles. The number of ether oxygens (including phenoxy) is 2. The van der Waals surface area contributed by atoms with Crippen LogP contribution in [0.15, 0.2) is 48.5 Å². The van der Waals surface area contributed by atoms with Gasteiger partial charge in [0.2, 0.25) is 0 Å². The lowest BCUT2D eigenvalue weighted by Crippen LogP contribution is -2.32. The number of rotatable bonds is 6. The Morgan fingerprint density at radius 2 is 1.12 bits per heavy atom. The van der Waals surface area contributed by atoms with Crippen LogP contribution in [0, 0.1) is 10.8 Å². The van der Waals surface area contributed by atoms with Crippen molar-refractivity contribution in [2.75, 3.05) is 0 Å². The fraction of sp³-hybridized carbons (Fsp3) is 0.300. The highest BCUT2D eigenvalue weighted by Crippen LogP contribution is 2.27. The standard InChI is InChI=1S/C20H24N4O2/c21-19(22)13-4-8-15(9-5-13)25-17-2-1-3-18(12-17)26-16-10-6-14(7-11-16)20(23)24/h4-11,17-18H,1-3,12H2,(H3,21,22)(H3,23,24). The molecule has 1 saturated carbocycles. The van der Waals surface area contributed by atoms with E-state index in [-0.39, 0.29) is 23.9 Å². The largest absolute Gasteiger partial charge is 0.490 e. The van der Waals surface area contributed by atoms with Gasteiger partial charge >= 0.3 is 0 Å². The minimum absolute atomic E-state index is 0.0541. The van der Waals surface area contributed by atoms with Crippen molar-refractivity contribution in [1.82, 2.24) is 0 Å². The molecule has 2 atom stereocenters. The number of hydrogen-bond donors (Lipinski definition) is 4. The van der Waals surface area contributed by atoms with Crippen LogP contribution in [-0.2, 0) is 0 Å². The Morgan fingerprint density at radius 1 is 0.731 bits per heavy atom. The zero-order chi connectivity index (χ0) is 18.5. The molecule has 6 heteroatoms. The maximum absolute atomic E-state index is 7.43. The van der Waals surface area contributed by atoms with E-state index in [1.165, 1.54) is 0 Å². The molecule has 0 bridgehead atoms. The summed E-state index contributed by atoms with van der Waals surface area (Å²) in [7, 11) is 0. The van der Waals surface area contributed by atoms with Gasteiger partial charge in [-0.05, 0) is 67.8 Å². The van der Waals surface area contributed by atoms with Crippen LogP contribution in [0.4, 0.5) is 0 Å². The van der Waals surface area contributed by atoms with Crippen molar-refractivity contribution in [1.29, 1.82) is 10.8 Å². The van der Waals surface area contributed by atoms with Crippen LogP contribution in [0.2, 0.25) is 0 Å². The fourth-order valence-electron chi connectivity index (χ4n) is 3.13. The Bertz CT molecular complexity index is 706. The summed E-state index contributed by atoms with van der Waals surface area (Å²) in [5.41, 5.74) is 12.3. The third kappa shape index (κ3) is 4.53. The van der Waals surface area contributed by atoms with Crippen molar-refractivity contribution >= 4 is 11.7 Å². The SMILES string of the molecule is N=C(N)c1ccc(OC2CCCC(Oc3ccc(C(=N)N)cc3)C2)cc1. The molecule has 3 rings (SSSR count). The molecule has 26 heavy (non-hydrogen) atoms. The Labute approximate surface area is 153 Å². The molecule has 0 amide bonds. The number of benzene rings is 2. The average molecular weight is 352 g/mol. The van der Waals surface area contributed by atoms with Crippen LogP contribution < -0.4 is 20.9 Å². The van der Waals surface area contributed by atoms with Crippen molar-refractivity contribution in [2.45, 2.75) is 37.9 Å². The van der Waals surface area contributed by atoms with Crippen LogP contribution >= 0.6 is 0 Å². The molecular formula is C20H24N4O2. The van der Waals surface area contributed by atoms with Gasteiger partial charge in [-0.2, -0.15) is 0 Å². The molecule has 6 N–H and O–H groups in total. The number of nitrogens with two attached hydrogens (primary N) is 2. The van der Waals surface area contributed by atoms with Gasteiger partial charge in [-0.25, -0.2) is 0 Å². The first kappa shape index (κ1) is 17.8. The summed E-state index contributed by atoms with van der Waals surface area (Å²) in [6, 6.07) is 14.6. The maximum Gasteiger partial charge on any atom is 0.122 e. The molecule has 0 spiro atoms. The molecule has 6 nitrogen and oxygen atoms in total. The van der Waals surface area contributed by atoms with Gasteiger partial charge in [-0.15, -0.1) is 0 Å². The van der Waals surface area contributed by atoms with E-state index in [1.807, 2.05) is 24.3 Å². The molecule has 136 valence electrons. The van der Waals surface area contributed by atoms with E-state index in [9.17, 15) is 0 Å². The lowest BCUT2D eigenvalue weighted by Gasteiger charge is -2.30. The van der Waals surface area contributed by atoms with Crippen LogP contribution in [-0.4, -0.2) is 23.9 Å². The minimum atomic E-state index is 0.0541. The van der Waals surface area contributed by atoms with Gasteiger partial charge in [-0.1, -0.05) is 0 Å². The molecule has 2 aromatic rings. The summed E-state index contributed by atoms with van der Waals surface area (Å²) in [4.78, 5) is 0. The highest BCUT2D eigenvalue weighted by atomic mass is 16.5. The van der Waals surface area contributed by atoms with Crippen molar-refractivity contribution in [3.63, 3.8) is 0 Å². The predicted molar refractivity (Wildman–Crippen MR) is 102 cm³/mol. The molecule has 0 saturated heterocycles. The van der Waals surface area contributed by atoms with E-state index in [0.29, 0.717) is 11.1 Å². The maximum atomic E-state index is 7.43. The first-order chi connectivity index (χ1) is 12.5. The predicted octanol–water partition coefficient (Wildman–Crippen LogP) is 3.02. The van der Waals surface area contributed by atoms with E-state index in [4.69, 9.17) is 31.8 Å². The van der Waals surface area contributed by atoms with Gasteiger partial charge in [0.05, 0.1) is 0 Å². The number of nitrogens with one attached hydrogen (secondary N) is 2. The van der Waals surface area contributed by atoms with E-state index in [0.717, 1.165) is 37.2 Å². The van der Waals surface area contributed by atoms with Crippen LogP contribution in [0.25, 0.3) is 0 Å². The third-order valence-corrected chi connectivity index (χ3v) is 4.51. The van der Waals surface area contributed by atoms with Crippen LogP contribution in [0.3, 0.4) is 0 Å². The van der Waals surface area contributed by atoms with Gasteiger partial charge in [-0.3, -0.25) is 10.8 Å². The Kier molecular flexibility index (Phi) is 5.41. The van der Waals surface area contributed by atoms with Crippen molar-refractivity contribution in [3.05, 3.63) is 59.7 Å². The molecule has 0 aromatic heterocycles. The summed E-state index contributed by atoms with van der Waals surface area (Å²) in [6.07, 6.45) is 4.08. The fourth-order valence-corrected chi connectivity index (χ4v) is 3.13. The Balaban J connectivity index is 1.56. The minimum Gasteiger partial charge on any atom is -0.490 e. The smallest absolute Gasteiger partial charge is 0.122 e. The zero-order valence-electron chi connectivity index (χ0n) is 14.6. The van der Waals surface area contributed by atoms with E-state index in [2.05, 4.69) is 0 Å². The summed E-state index contributed by atoms with van der Waals surface area (Å²) in [6.45, 7) is 0. The summed E-state index contributed by atoms with van der Waals surface area (Å²) >= 11 is 0. The van der Waals surface area contributed by atoms with Gasteiger partial charge in [0.1, 0.15) is 35.4 Å². The molecule has 1 fully saturated rings. The third-order valence-electron chi connectivity index (χ3n) is 4.51. The quantitative estimate of drug-likeness (QED) is 0.472. The molecule has 2 aromatic carbocycles. The second-order valence-electron chi connectivity index (χ2n) is 6.52. The van der Waals surface area contributed by atoms with Crippen molar-refractivity contribution in [3.8, 4) is 11.5 Å². The van der Waals surface area contributed by atoms with Gasteiger partial charge in [0, 0.05) is 17.5 Å². The lowest BCUT2D eigenvalue weighted by molar-refractivity contribution is 0.0680. The van der Waals surface area contributed by atoms with E-state index < -0.39 is 0 Å². The molecular weight excluding hydrogens is 328 g/mol. The summed E-state index contributed by atoms with van der Waals surface area (Å²) in [5, 5.41) is 14.9. The van der Waals surface area contributed by atoms with Crippen molar-refractivity contribution in [2.24, 2.45) is 11.5 Å². The highest BCUT2D eigenvalue weighted by molar-refractivity contribution is 5.95. The van der Waals surface area contributed by atoms with E-state index in [1.54, 1.807) is 24.3 Å². The van der Waals surface area contributed by atoms with Crippen molar-refractivity contribution < 1.29 is 9.47 Å². The Morgan fingerprint density at radius 3 is 1.46 bits per heavy atom. The molecule has 1 aliphatic carbocycles. The van der Waals surface area contributed by atoms with Gasteiger partial charge in [0.15, 0.2) is 0 Å². The van der Waals surface area contributed by atoms with E-state index >= 15 is 0 Å². The van der Waals surface area contributed by atoms with Crippen LogP contribution in [0.1, 0.15) is 36.8 Å². The lowest BCUT2D eigenvalue weighted by atomic mass is 9.94. The first-order valence-electron chi connectivity index (χ1n) is 8.73. The number of nitrogen functional groups attached to an aromatic ring is 2. The average Bonchev–Trinajstić information content (AvgIpc) is 2.63. The first-order valence-corrected chi connectivity index (χ1v) is 8.73. The topological polar surface area (TPSA) is 118 Å². The highest BCUT2D eigenvalue weighted by Gasteiger charge is 2.24. The zero-order valence-corrected chi connectivity index (χ0v) is 14.6. The summed E-state index contributed by atoms with van der Waals surface area (Å²) in [5.74, 6) is 1.68. The van der Waals surface area contributed by atoms with Gasteiger partial charge < -0.3 is 20.9 Å². The second kappa shape index (κ2) is 7.91. The normalized spacial score (nSPS) is 19.5. The molecule has 0 aliphatic heterocycles. The second-order valence-corrected chi connectivity index (χ2v) is 6.52. The van der Waals surface area contributed by atoms with Crippen LogP contribution in [0.5, 0.6) is 11.5 Å². The molecule has 2 unspecified atom stereocenters. The molecule has 1 aliphatic rings. The molecule has 0 radical (unpaired) electrons. The summed E-state index contributed by atoms with van der Waals surface area (Å²) < 4.78 is 12.1. The Hall–Kier alpha value is -3.02. The number of amidine groups is 2. The van der Waals surface area contributed by atoms with Gasteiger partial charge in [0.25, 0.3) is 0 Å². The monoisotopic (exact) mass is 352 g/mol.